The standard InChI is InChI=1S/C22H24ClFN2O2/c1-15-13-22(8-7-21(28)26(22)18-4-2-3-17(24)12-18)9-10-25(15)14-16-5-6-20(27)19(23)11-16/h2-6,11-12,15,27H,7-10,13-14H2,1H3/t15-,22+/m0/s1. The fraction of sp³-hybridized carbons (Fsp3) is 0.409. The number of benzene rings is 2. The van der Waals surface area contributed by atoms with Crippen LogP contribution in [0, 0.1) is 5.82 Å². The fourth-order valence-corrected chi connectivity index (χ4v) is 4.97. The molecule has 6 heteroatoms. The highest BCUT2D eigenvalue weighted by Gasteiger charge is 2.49. The van der Waals surface area contributed by atoms with Crippen molar-refractivity contribution in [3.63, 3.8) is 0 Å². The van der Waals surface area contributed by atoms with Crippen molar-refractivity contribution >= 4 is 23.2 Å². The third kappa shape index (κ3) is 3.49. The molecule has 4 rings (SSSR count). The molecule has 28 heavy (non-hydrogen) atoms. The van der Waals surface area contributed by atoms with Crippen molar-refractivity contribution in [1.82, 2.24) is 4.90 Å². The summed E-state index contributed by atoms with van der Waals surface area (Å²) in [6.45, 7) is 3.76. The van der Waals surface area contributed by atoms with Crippen molar-refractivity contribution < 1.29 is 14.3 Å². The summed E-state index contributed by atoms with van der Waals surface area (Å²) in [4.78, 5) is 16.9. The zero-order valence-electron chi connectivity index (χ0n) is 15.9. The number of carbonyl (C=O) groups is 1. The molecule has 1 spiro atoms. The van der Waals surface area contributed by atoms with Gasteiger partial charge in [-0.05, 0) is 62.1 Å². The highest BCUT2D eigenvalue weighted by molar-refractivity contribution is 6.32. The van der Waals surface area contributed by atoms with Crippen LogP contribution in [0.1, 0.15) is 38.2 Å². The molecule has 2 aliphatic rings. The van der Waals surface area contributed by atoms with Crippen LogP contribution in [0.25, 0.3) is 0 Å². The molecular weight excluding hydrogens is 379 g/mol. The van der Waals surface area contributed by atoms with Gasteiger partial charge in [-0.3, -0.25) is 9.69 Å². The molecule has 2 aromatic rings. The number of aromatic hydroxyl groups is 1. The molecule has 1 N–H and O–H groups in total. The van der Waals surface area contributed by atoms with E-state index in [0.29, 0.717) is 17.1 Å². The van der Waals surface area contributed by atoms with Gasteiger partial charge < -0.3 is 10.0 Å². The number of hydrogen-bond donors (Lipinski definition) is 1. The van der Waals surface area contributed by atoms with Gasteiger partial charge in [-0.15, -0.1) is 0 Å². The molecule has 2 heterocycles. The first-order valence-electron chi connectivity index (χ1n) is 9.68. The Kier molecular flexibility index (Phi) is 5.06. The number of piperidine rings is 1. The Balaban J connectivity index is 1.53. The Bertz CT molecular complexity index is 906. The lowest BCUT2D eigenvalue weighted by Crippen LogP contribution is -2.56. The Morgan fingerprint density at radius 3 is 2.79 bits per heavy atom. The highest BCUT2D eigenvalue weighted by atomic mass is 35.5. The van der Waals surface area contributed by atoms with E-state index < -0.39 is 0 Å². The molecule has 2 aromatic carbocycles. The monoisotopic (exact) mass is 402 g/mol. The Labute approximate surface area is 169 Å². The lowest BCUT2D eigenvalue weighted by Gasteiger charge is -2.48. The molecule has 148 valence electrons. The zero-order valence-corrected chi connectivity index (χ0v) is 16.6. The second kappa shape index (κ2) is 7.37. The van der Waals surface area contributed by atoms with Gasteiger partial charge in [0.1, 0.15) is 11.6 Å². The average molecular weight is 403 g/mol. The van der Waals surface area contributed by atoms with Gasteiger partial charge in [-0.1, -0.05) is 23.7 Å². The molecule has 0 unspecified atom stereocenters. The van der Waals surface area contributed by atoms with E-state index in [1.807, 2.05) is 17.0 Å². The van der Waals surface area contributed by atoms with Crippen LogP contribution in [-0.4, -0.2) is 34.0 Å². The van der Waals surface area contributed by atoms with Crippen molar-refractivity contribution in [2.24, 2.45) is 0 Å². The van der Waals surface area contributed by atoms with E-state index in [4.69, 9.17) is 11.6 Å². The summed E-state index contributed by atoms with van der Waals surface area (Å²) in [5.74, 6) is -0.148. The lowest BCUT2D eigenvalue weighted by molar-refractivity contribution is -0.117. The van der Waals surface area contributed by atoms with E-state index in [2.05, 4.69) is 11.8 Å². The lowest BCUT2D eigenvalue weighted by atomic mass is 9.81. The number of hydrogen-bond acceptors (Lipinski definition) is 3. The number of amides is 1. The molecule has 0 saturated carbocycles. The SMILES string of the molecule is C[C@H]1C[C@@]2(CCC(=O)N2c2cccc(F)c2)CCN1Cc1ccc(O)c(Cl)c1. The van der Waals surface area contributed by atoms with Crippen molar-refractivity contribution in [3.05, 3.63) is 58.9 Å². The highest BCUT2D eigenvalue weighted by Crippen LogP contribution is 2.44. The van der Waals surface area contributed by atoms with Crippen LogP contribution in [0.3, 0.4) is 0 Å². The van der Waals surface area contributed by atoms with Gasteiger partial charge in [0.05, 0.1) is 10.6 Å². The molecule has 0 radical (unpaired) electrons. The largest absolute Gasteiger partial charge is 0.506 e. The minimum absolute atomic E-state index is 0.0802. The van der Waals surface area contributed by atoms with Crippen molar-refractivity contribution in [3.8, 4) is 5.75 Å². The van der Waals surface area contributed by atoms with Crippen LogP contribution in [0.15, 0.2) is 42.5 Å². The van der Waals surface area contributed by atoms with Crippen LogP contribution in [0.5, 0.6) is 5.75 Å². The van der Waals surface area contributed by atoms with Crippen LogP contribution in [0.2, 0.25) is 5.02 Å². The predicted octanol–water partition coefficient (Wildman–Crippen LogP) is 4.73. The van der Waals surface area contributed by atoms with E-state index in [0.717, 1.165) is 37.9 Å². The summed E-state index contributed by atoms with van der Waals surface area (Å²) >= 11 is 6.04. The van der Waals surface area contributed by atoms with Gasteiger partial charge in [0.15, 0.2) is 0 Å². The summed E-state index contributed by atoms with van der Waals surface area (Å²) in [5, 5.41) is 9.97. The molecule has 2 saturated heterocycles. The van der Waals surface area contributed by atoms with Gasteiger partial charge in [-0.2, -0.15) is 0 Å². The Morgan fingerprint density at radius 1 is 1.25 bits per heavy atom. The van der Waals surface area contributed by atoms with Gasteiger partial charge in [-0.25, -0.2) is 4.39 Å². The first kappa shape index (κ1) is 19.2. The van der Waals surface area contributed by atoms with Crippen molar-refractivity contribution in [2.45, 2.75) is 50.7 Å². The normalized spacial score (nSPS) is 25.6. The number of phenolic OH excluding ortho intramolecular Hbond substituents is 1. The van der Waals surface area contributed by atoms with Gasteiger partial charge in [0.2, 0.25) is 5.91 Å². The molecular formula is C22H24ClFN2O2. The molecule has 2 fully saturated rings. The summed E-state index contributed by atoms with van der Waals surface area (Å²) < 4.78 is 13.8. The average Bonchev–Trinajstić information content (AvgIpc) is 2.96. The molecule has 0 aliphatic carbocycles. The van der Waals surface area contributed by atoms with E-state index in [1.54, 1.807) is 18.2 Å². The third-order valence-electron chi connectivity index (χ3n) is 6.16. The Hall–Kier alpha value is -2.11. The smallest absolute Gasteiger partial charge is 0.227 e. The van der Waals surface area contributed by atoms with Crippen molar-refractivity contribution in [1.29, 1.82) is 0 Å². The molecule has 4 nitrogen and oxygen atoms in total. The maximum atomic E-state index is 13.8. The summed E-state index contributed by atoms with van der Waals surface area (Å²) in [5.41, 5.74) is 1.47. The second-order valence-electron chi connectivity index (χ2n) is 7.99. The summed E-state index contributed by atoms with van der Waals surface area (Å²) in [6, 6.07) is 11.9. The van der Waals surface area contributed by atoms with Crippen molar-refractivity contribution in [2.75, 3.05) is 11.4 Å². The molecule has 0 aromatic heterocycles. The first-order valence-corrected chi connectivity index (χ1v) is 10.1. The molecule has 2 aliphatic heterocycles. The summed E-state index contributed by atoms with van der Waals surface area (Å²) in [7, 11) is 0. The number of phenols is 1. The van der Waals surface area contributed by atoms with Gasteiger partial charge in [0.25, 0.3) is 0 Å². The maximum Gasteiger partial charge on any atom is 0.227 e. The summed E-state index contributed by atoms with van der Waals surface area (Å²) in [6.07, 6.45) is 3.02. The molecule has 2 atom stereocenters. The zero-order chi connectivity index (χ0) is 19.9. The first-order chi connectivity index (χ1) is 13.4. The predicted molar refractivity (Wildman–Crippen MR) is 108 cm³/mol. The second-order valence-corrected chi connectivity index (χ2v) is 8.40. The number of anilines is 1. The number of likely N-dealkylation sites (tertiary alicyclic amines) is 1. The van der Waals surface area contributed by atoms with Crippen LogP contribution in [0.4, 0.5) is 10.1 Å². The molecule has 0 bridgehead atoms. The number of nitrogens with zero attached hydrogens (tertiary/aromatic N) is 2. The molecule has 1 amide bonds. The van der Waals surface area contributed by atoms with Gasteiger partial charge >= 0.3 is 0 Å². The number of rotatable bonds is 3. The van der Waals surface area contributed by atoms with E-state index >= 15 is 0 Å². The van der Waals surface area contributed by atoms with Crippen LogP contribution >= 0.6 is 11.6 Å². The van der Waals surface area contributed by atoms with E-state index in [-0.39, 0.29) is 29.1 Å². The van der Waals surface area contributed by atoms with Crippen LogP contribution in [-0.2, 0) is 11.3 Å². The minimum Gasteiger partial charge on any atom is -0.506 e. The van der Waals surface area contributed by atoms with E-state index in [1.165, 1.54) is 12.1 Å². The number of carbonyl (C=O) groups excluding carboxylic acids is 1. The number of halogens is 2. The minimum atomic E-state index is -0.318. The van der Waals surface area contributed by atoms with Gasteiger partial charge in [0, 0.05) is 31.2 Å². The topological polar surface area (TPSA) is 43.8 Å². The quantitative estimate of drug-likeness (QED) is 0.806. The third-order valence-corrected chi connectivity index (χ3v) is 6.46. The fourth-order valence-electron chi connectivity index (χ4n) is 4.76. The Morgan fingerprint density at radius 2 is 2.07 bits per heavy atom. The van der Waals surface area contributed by atoms with Crippen LogP contribution < -0.4 is 4.90 Å². The van der Waals surface area contributed by atoms with E-state index in [9.17, 15) is 14.3 Å². The maximum absolute atomic E-state index is 13.8.